The number of hydrogen-bond acceptors (Lipinski definition) is 4. The molecule has 2 aliphatic rings. The molecule has 1 N–H and O–H groups in total. The summed E-state index contributed by atoms with van der Waals surface area (Å²) in [6, 6.07) is 19.2. The minimum Gasteiger partial charge on any atom is -0.343 e. The van der Waals surface area contributed by atoms with E-state index in [1.54, 1.807) is 24.3 Å². The van der Waals surface area contributed by atoms with E-state index >= 15 is 0 Å². The quantitative estimate of drug-likeness (QED) is 0.707. The van der Waals surface area contributed by atoms with Crippen LogP contribution in [0.2, 0.25) is 0 Å². The molecule has 2 aliphatic heterocycles. The van der Waals surface area contributed by atoms with Crippen LogP contribution in [0.15, 0.2) is 65.7 Å². The number of nitrogens with one attached hydrogen (secondary N) is 1. The summed E-state index contributed by atoms with van der Waals surface area (Å²) < 4.78 is 0. The van der Waals surface area contributed by atoms with Crippen molar-refractivity contribution in [1.82, 2.24) is 4.90 Å². The SMILES string of the molecule is O=C1c2ccccc2C(=O)N1CCCC1=Nc2cccc3cccc(c23)N1. The summed E-state index contributed by atoms with van der Waals surface area (Å²) in [5, 5.41) is 5.68. The third-order valence-corrected chi connectivity index (χ3v) is 5.09. The molecule has 27 heavy (non-hydrogen) atoms. The third-order valence-electron chi connectivity index (χ3n) is 5.09. The predicted molar refractivity (Wildman–Crippen MR) is 106 cm³/mol. The number of amidine groups is 1. The lowest BCUT2D eigenvalue weighted by atomic mass is 10.0. The molecule has 2 amide bonds. The Labute approximate surface area is 156 Å². The van der Waals surface area contributed by atoms with E-state index in [-0.39, 0.29) is 11.8 Å². The lowest BCUT2D eigenvalue weighted by Gasteiger charge is -2.20. The van der Waals surface area contributed by atoms with Gasteiger partial charge in [-0.1, -0.05) is 36.4 Å². The number of carbonyl (C=O) groups is 2. The van der Waals surface area contributed by atoms with E-state index in [4.69, 9.17) is 4.99 Å². The molecule has 0 saturated carbocycles. The van der Waals surface area contributed by atoms with Crippen LogP contribution in [0.25, 0.3) is 10.8 Å². The molecule has 5 nitrogen and oxygen atoms in total. The summed E-state index contributed by atoms with van der Waals surface area (Å²) in [6.07, 6.45) is 1.33. The number of carbonyl (C=O) groups excluding carboxylic acids is 2. The monoisotopic (exact) mass is 355 g/mol. The van der Waals surface area contributed by atoms with Gasteiger partial charge in [-0.2, -0.15) is 0 Å². The Morgan fingerprint density at radius 1 is 0.852 bits per heavy atom. The van der Waals surface area contributed by atoms with Crippen molar-refractivity contribution in [3.63, 3.8) is 0 Å². The van der Waals surface area contributed by atoms with Gasteiger partial charge in [0.2, 0.25) is 0 Å². The molecule has 0 atom stereocenters. The normalized spacial score (nSPS) is 15.0. The van der Waals surface area contributed by atoms with Crippen LogP contribution in [0.1, 0.15) is 33.6 Å². The minimum atomic E-state index is -0.204. The first-order valence-corrected chi connectivity index (χ1v) is 9.04. The molecule has 0 aromatic heterocycles. The molecule has 5 heteroatoms. The maximum atomic E-state index is 12.4. The average molecular weight is 355 g/mol. The summed E-state index contributed by atoms with van der Waals surface area (Å²) in [5.41, 5.74) is 3.00. The summed E-state index contributed by atoms with van der Waals surface area (Å²) in [4.78, 5) is 30.9. The number of anilines is 1. The smallest absolute Gasteiger partial charge is 0.261 e. The lowest BCUT2D eigenvalue weighted by molar-refractivity contribution is 0.0653. The van der Waals surface area contributed by atoms with Gasteiger partial charge in [-0.05, 0) is 36.1 Å². The van der Waals surface area contributed by atoms with Crippen molar-refractivity contribution in [1.29, 1.82) is 0 Å². The van der Waals surface area contributed by atoms with E-state index in [2.05, 4.69) is 17.4 Å². The van der Waals surface area contributed by atoms with Crippen LogP contribution < -0.4 is 5.32 Å². The second-order valence-electron chi connectivity index (χ2n) is 6.78. The van der Waals surface area contributed by atoms with Gasteiger partial charge in [-0.3, -0.25) is 14.5 Å². The van der Waals surface area contributed by atoms with Crippen molar-refractivity contribution >= 4 is 39.8 Å². The summed E-state index contributed by atoms with van der Waals surface area (Å²) in [7, 11) is 0. The third kappa shape index (κ3) is 2.51. The van der Waals surface area contributed by atoms with Crippen LogP contribution >= 0.6 is 0 Å². The molecule has 132 valence electrons. The Morgan fingerprint density at radius 3 is 2.30 bits per heavy atom. The number of benzene rings is 3. The van der Waals surface area contributed by atoms with Gasteiger partial charge in [0.1, 0.15) is 5.84 Å². The van der Waals surface area contributed by atoms with E-state index < -0.39 is 0 Å². The number of nitrogens with zero attached hydrogens (tertiary/aromatic N) is 2. The van der Waals surface area contributed by atoms with Crippen molar-refractivity contribution < 1.29 is 9.59 Å². The van der Waals surface area contributed by atoms with Crippen LogP contribution in [0.4, 0.5) is 11.4 Å². The minimum absolute atomic E-state index is 0.204. The lowest BCUT2D eigenvalue weighted by Crippen LogP contribution is -2.31. The van der Waals surface area contributed by atoms with E-state index in [9.17, 15) is 9.59 Å². The highest BCUT2D eigenvalue weighted by molar-refractivity contribution is 6.21. The topological polar surface area (TPSA) is 61.8 Å². The van der Waals surface area contributed by atoms with Crippen molar-refractivity contribution in [3.8, 4) is 0 Å². The van der Waals surface area contributed by atoms with Gasteiger partial charge in [0, 0.05) is 24.0 Å². The Bertz CT molecular complexity index is 1090. The Kier molecular flexibility index (Phi) is 3.53. The molecule has 2 heterocycles. The Morgan fingerprint density at radius 2 is 1.56 bits per heavy atom. The standard InChI is InChI=1S/C22H17N3O2/c26-21-15-8-1-2-9-16(15)22(27)25(21)13-5-12-19-23-17-10-3-6-14-7-4-11-18(24-19)20(14)17/h1-4,6-11H,5,12-13H2,(H,23,24). The van der Waals surface area contributed by atoms with Gasteiger partial charge >= 0.3 is 0 Å². The number of rotatable bonds is 4. The molecule has 3 aromatic rings. The zero-order chi connectivity index (χ0) is 18.4. The average Bonchev–Trinajstić information content (AvgIpc) is 2.94. The first kappa shape index (κ1) is 15.8. The number of fused-ring (bicyclic) bond motifs is 1. The Balaban J connectivity index is 1.31. The zero-order valence-corrected chi connectivity index (χ0v) is 14.6. The number of aliphatic imine (C=N–C) groups is 1. The zero-order valence-electron chi connectivity index (χ0n) is 14.6. The van der Waals surface area contributed by atoms with Crippen LogP contribution in [-0.2, 0) is 0 Å². The summed E-state index contributed by atoms with van der Waals surface area (Å²) >= 11 is 0. The van der Waals surface area contributed by atoms with Crippen LogP contribution in [0.5, 0.6) is 0 Å². The fraction of sp³-hybridized carbons (Fsp3) is 0.136. The van der Waals surface area contributed by atoms with Gasteiger partial charge in [0.05, 0.1) is 16.8 Å². The molecule has 0 saturated heterocycles. The molecule has 0 aliphatic carbocycles. The number of amides is 2. The maximum Gasteiger partial charge on any atom is 0.261 e. The van der Waals surface area contributed by atoms with E-state index in [1.807, 2.05) is 24.3 Å². The molecule has 0 radical (unpaired) electrons. The fourth-order valence-corrected chi connectivity index (χ4v) is 3.81. The maximum absolute atomic E-state index is 12.4. The molecular weight excluding hydrogens is 338 g/mol. The van der Waals surface area contributed by atoms with Crippen molar-refractivity contribution in [2.24, 2.45) is 4.99 Å². The highest BCUT2D eigenvalue weighted by Crippen LogP contribution is 2.36. The predicted octanol–water partition coefficient (Wildman–Crippen LogP) is 4.37. The van der Waals surface area contributed by atoms with Gasteiger partial charge < -0.3 is 5.32 Å². The van der Waals surface area contributed by atoms with E-state index in [0.717, 1.165) is 28.0 Å². The van der Waals surface area contributed by atoms with Gasteiger partial charge in [0.25, 0.3) is 11.8 Å². The fourth-order valence-electron chi connectivity index (χ4n) is 3.81. The van der Waals surface area contributed by atoms with Crippen LogP contribution in [-0.4, -0.2) is 29.1 Å². The van der Waals surface area contributed by atoms with Gasteiger partial charge in [0.15, 0.2) is 0 Å². The molecule has 0 unspecified atom stereocenters. The molecule has 5 rings (SSSR count). The molecule has 0 bridgehead atoms. The molecular formula is C22H17N3O2. The largest absolute Gasteiger partial charge is 0.343 e. The van der Waals surface area contributed by atoms with Crippen LogP contribution in [0, 0.1) is 0 Å². The molecule has 0 fully saturated rings. The van der Waals surface area contributed by atoms with Crippen molar-refractivity contribution in [2.45, 2.75) is 12.8 Å². The van der Waals surface area contributed by atoms with Gasteiger partial charge in [-0.15, -0.1) is 0 Å². The second kappa shape index (κ2) is 6.06. The highest BCUT2D eigenvalue weighted by atomic mass is 16.2. The van der Waals surface area contributed by atoms with E-state index in [1.165, 1.54) is 4.90 Å². The summed E-state index contributed by atoms with van der Waals surface area (Å²) in [5.74, 6) is 0.450. The highest BCUT2D eigenvalue weighted by Gasteiger charge is 2.34. The summed E-state index contributed by atoms with van der Waals surface area (Å²) in [6.45, 7) is 0.388. The molecule has 0 spiro atoms. The Hall–Kier alpha value is -3.47. The van der Waals surface area contributed by atoms with Gasteiger partial charge in [-0.25, -0.2) is 4.99 Å². The number of imide groups is 1. The van der Waals surface area contributed by atoms with Crippen molar-refractivity contribution in [2.75, 3.05) is 11.9 Å². The first-order chi connectivity index (χ1) is 13.2. The van der Waals surface area contributed by atoms with Crippen molar-refractivity contribution in [3.05, 3.63) is 71.8 Å². The second-order valence-corrected chi connectivity index (χ2v) is 6.78. The number of hydrogen-bond donors (Lipinski definition) is 1. The van der Waals surface area contributed by atoms with E-state index in [0.29, 0.717) is 30.5 Å². The first-order valence-electron chi connectivity index (χ1n) is 9.04. The van der Waals surface area contributed by atoms with Crippen LogP contribution in [0.3, 0.4) is 0 Å². The molecule has 3 aromatic carbocycles.